The van der Waals surface area contributed by atoms with Gasteiger partial charge in [0.05, 0.1) is 22.4 Å². The Balaban J connectivity index is 1.09. The molecule has 0 saturated carbocycles. The number of para-hydroxylation sites is 1. The molecule has 0 aliphatic carbocycles. The molecule has 2 aromatic heterocycles. The van der Waals surface area contributed by atoms with Crippen molar-refractivity contribution in [3.8, 4) is 17.3 Å². The first-order chi connectivity index (χ1) is 36.2. The molecule has 10 aromatic rings. The monoisotopic (exact) mass is 1010 g/mol. The number of benzene rings is 8. The Morgan fingerprint density at radius 1 is 0.408 bits per heavy atom. The van der Waals surface area contributed by atoms with Crippen molar-refractivity contribution in [2.75, 3.05) is 16.5 Å². The average molecular weight is 1010 g/mol. The zero-order valence-electron chi connectivity index (χ0n) is 46.5. The van der Waals surface area contributed by atoms with Gasteiger partial charge in [0, 0.05) is 40.5 Å². The topological polar surface area (TPSA) is 33.5 Å². The third-order valence-electron chi connectivity index (χ3n) is 15.7. The van der Waals surface area contributed by atoms with Crippen LogP contribution in [0.15, 0.2) is 206 Å². The zero-order valence-corrected chi connectivity index (χ0v) is 47.5. The fourth-order valence-electron chi connectivity index (χ4n) is 11.4. The number of ether oxygens (including phenoxy) is 1. The molecule has 76 heavy (non-hydrogen) atoms. The molecule has 1 aliphatic heterocycles. The Morgan fingerprint density at radius 2 is 0.961 bits per heavy atom. The minimum absolute atomic E-state index is 0.00187. The van der Waals surface area contributed by atoms with Crippen molar-refractivity contribution in [1.82, 2.24) is 9.55 Å². The Bertz CT molecular complexity index is 3630. The number of fused-ring (bicyclic) bond motifs is 4. The van der Waals surface area contributed by atoms with E-state index in [2.05, 4.69) is 298 Å². The fourth-order valence-corrected chi connectivity index (χ4v) is 16.3. The van der Waals surface area contributed by atoms with E-state index in [1.54, 1.807) is 0 Å². The molecule has 0 unspecified atom stereocenters. The van der Waals surface area contributed by atoms with Crippen molar-refractivity contribution < 1.29 is 4.74 Å². The molecule has 0 amide bonds. The molecule has 0 spiro atoms. The zero-order chi connectivity index (χ0) is 53.4. The van der Waals surface area contributed by atoms with Crippen molar-refractivity contribution in [2.45, 2.75) is 105 Å². The van der Waals surface area contributed by atoms with Gasteiger partial charge in [-0.15, -0.1) is 0 Å². The molecule has 3 heterocycles. The number of aromatic nitrogens is 2. The Labute approximate surface area is 452 Å². The summed E-state index contributed by atoms with van der Waals surface area (Å²) in [6, 6.07) is 74.8. The van der Waals surface area contributed by atoms with Gasteiger partial charge in [0.25, 0.3) is 0 Å². The van der Waals surface area contributed by atoms with Gasteiger partial charge < -0.3 is 14.5 Å². The highest BCUT2D eigenvalue weighted by Crippen LogP contribution is 2.47. The van der Waals surface area contributed by atoms with Gasteiger partial charge in [0.2, 0.25) is 0 Å². The lowest BCUT2D eigenvalue weighted by Gasteiger charge is -2.37. The number of hydrogen-bond acceptors (Lipinski definition) is 4. The van der Waals surface area contributed by atoms with Crippen LogP contribution in [0.1, 0.15) is 105 Å². The average Bonchev–Trinajstić information content (AvgIpc) is 4.03. The lowest BCUT2D eigenvalue weighted by atomic mass is 9.80. The third-order valence-corrected chi connectivity index (χ3v) is 20.5. The van der Waals surface area contributed by atoms with E-state index < -0.39 is 8.07 Å². The van der Waals surface area contributed by atoms with Crippen LogP contribution in [0.5, 0.6) is 11.5 Å². The predicted molar refractivity (Wildman–Crippen MR) is 326 cm³/mol. The number of rotatable bonds is 9. The van der Waals surface area contributed by atoms with E-state index in [1.807, 2.05) is 6.20 Å². The van der Waals surface area contributed by atoms with E-state index in [0.29, 0.717) is 6.67 Å². The number of pyridine rings is 1. The first kappa shape index (κ1) is 50.5. The Kier molecular flexibility index (Phi) is 12.5. The standard InChI is InChI=1S/C70H72N4OSi/c1-67(2,3)48-34-37-61-60(43-48)59-36-35-55(46-63(59)74(61)65-44-49(38-39-71-65)68(4,5)6)75-54-25-22-24-52(45-54)72-47-73(53-41-50(69(7,8)9)40-51(42-53)70(10,11)12)66-62(72)32-23-33-64(66)76(56-26-16-13-17-27-56,57-28-18-14-19-29-57)58-30-20-15-21-31-58/h13-46H,47H2,1-12H3. The molecule has 0 atom stereocenters. The summed E-state index contributed by atoms with van der Waals surface area (Å²) in [5.41, 5.74) is 11.8. The van der Waals surface area contributed by atoms with Crippen LogP contribution in [-0.2, 0) is 21.7 Å². The molecule has 1 aliphatic rings. The lowest BCUT2D eigenvalue weighted by Crippen LogP contribution is -2.75. The van der Waals surface area contributed by atoms with Crippen LogP contribution in [0.25, 0.3) is 27.6 Å². The van der Waals surface area contributed by atoms with Gasteiger partial charge in [-0.3, -0.25) is 4.57 Å². The molecule has 0 bridgehead atoms. The van der Waals surface area contributed by atoms with Crippen molar-refractivity contribution in [3.63, 3.8) is 0 Å². The Morgan fingerprint density at radius 3 is 1.54 bits per heavy atom. The SMILES string of the molecule is CC(C)(C)c1cc(N2CN(c3cccc(Oc4ccc5c6cc(C(C)(C)C)ccc6n(-c6cc(C(C)(C)C)ccn6)c5c4)c3)c3cccc([Si](c4ccccc4)(c4ccccc4)c4ccccc4)c32)cc(C(C)(C)C)c1. The maximum Gasteiger partial charge on any atom is 0.181 e. The molecule has 11 rings (SSSR count). The predicted octanol–water partition coefficient (Wildman–Crippen LogP) is 15.8. The number of hydrogen-bond donors (Lipinski definition) is 0. The van der Waals surface area contributed by atoms with Crippen LogP contribution in [-0.4, -0.2) is 24.3 Å². The quantitative estimate of drug-likeness (QED) is 0.107. The fraction of sp³-hybridized carbons (Fsp3) is 0.243. The highest BCUT2D eigenvalue weighted by molar-refractivity contribution is 7.20. The summed E-state index contributed by atoms with van der Waals surface area (Å²) in [6.07, 6.45) is 1.95. The van der Waals surface area contributed by atoms with Crippen molar-refractivity contribution in [2.24, 2.45) is 0 Å². The molecular formula is C70H72N4OSi. The molecule has 6 heteroatoms. The van der Waals surface area contributed by atoms with Crippen LogP contribution in [0.3, 0.4) is 0 Å². The largest absolute Gasteiger partial charge is 0.457 e. The number of anilines is 4. The van der Waals surface area contributed by atoms with Crippen LogP contribution < -0.4 is 35.3 Å². The minimum Gasteiger partial charge on any atom is -0.457 e. The summed E-state index contributed by atoms with van der Waals surface area (Å²) in [5.74, 6) is 2.43. The molecule has 0 radical (unpaired) electrons. The molecule has 0 fully saturated rings. The van der Waals surface area contributed by atoms with Gasteiger partial charge in [-0.25, -0.2) is 4.98 Å². The first-order valence-corrected chi connectivity index (χ1v) is 29.0. The van der Waals surface area contributed by atoms with Crippen molar-refractivity contribution in [1.29, 1.82) is 0 Å². The van der Waals surface area contributed by atoms with Gasteiger partial charge in [-0.2, -0.15) is 0 Å². The summed E-state index contributed by atoms with van der Waals surface area (Å²) in [6.45, 7) is 28.2. The van der Waals surface area contributed by atoms with Gasteiger partial charge in [-0.1, -0.05) is 204 Å². The normalized spacial score (nSPS) is 13.4. The van der Waals surface area contributed by atoms with Gasteiger partial charge in [0.15, 0.2) is 8.07 Å². The summed E-state index contributed by atoms with van der Waals surface area (Å²) in [4.78, 5) is 10.1. The van der Waals surface area contributed by atoms with Crippen molar-refractivity contribution in [3.05, 3.63) is 229 Å². The maximum absolute atomic E-state index is 7.02. The van der Waals surface area contributed by atoms with Crippen LogP contribution in [0, 0.1) is 0 Å². The van der Waals surface area contributed by atoms with E-state index in [-0.39, 0.29) is 21.7 Å². The summed E-state index contributed by atoms with van der Waals surface area (Å²) in [5, 5.41) is 7.76. The highest BCUT2D eigenvalue weighted by atomic mass is 28.3. The molecular weight excluding hydrogens is 941 g/mol. The second-order valence-electron chi connectivity index (χ2n) is 25.0. The van der Waals surface area contributed by atoms with Crippen molar-refractivity contribution >= 4 is 73.4 Å². The maximum atomic E-state index is 7.02. The minimum atomic E-state index is -3.01. The van der Waals surface area contributed by atoms with Gasteiger partial charge in [-0.05, 0) is 131 Å². The van der Waals surface area contributed by atoms with E-state index in [0.717, 1.165) is 34.0 Å². The lowest BCUT2D eigenvalue weighted by molar-refractivity contribution is 0.483. The van der Waals surface area contributed by atoms with Crippen LogP contribution >= 0.6 is 0 Å². The van der Waals surface area contributed by atoms with E-state index in [9.17, 15) is 0 Å². The second kappa shape index (κ2) is 18.9. The number of nitrogens with zero attached hydrogens (tertiary/aromatic N) is 4. The summed E-state index contributed by atoms with van der Waals surface area (Å²) >= 11 is 0. The second-order valence-corrected chi connectivity index (χ2v) is 28.8. The third kappa shape index (κ3) is 9.10. The molecule has 0 saturated heterocycles. The van der Waals surface area contributed by atoms with Gasteiger partial charge in [0.1, 0.15) is 24.0 Å². The molecule has 382 valence electrons. The smallest absolute Gasteiger partial charge is 0.181 e. The van der Waals surface area contributed by atoms with Crippen LogP contribution in [0.2, 0.25) is 0 Å². The van der Waals surface area contributed by atoms with E-state index in [1.165, 1.54) is 70.8 Å². The summed E-state index contributed by atoms with van der Waals surface area (Å²) in [7, 11) is -3.01. The van der Waals surface area contributed by atoms with Gasteiger partial charge >= 0.3 is 0 Å². The molecule has 5 nitrogen and oxygen atoms in total. The first-order valence-electron chi connectivity index (χ1n) is 27.0. The highest BCUT2D eigenvalue weighted by Gasteiger charge is 2.46. The summed E-state index contributed by atoms with van der Waals surface area (Å²) < 4.78 is 9.33. The van der Waals surface area contributed by atoms with E-state index in [4.69, 9.17) is 9.72 Å². The van der Waals surface area contributed by atoms with E-state index >= 15 is 0 Å². The van der Waals surface area contributed by atoms with Crippen LogP contribution in [0.4, 0.5) is 22.7 Å². The Hall–Kier alpha value is -7.67. The molecule has 0 N–H and O–H groups in total. The molecule has 8 aromatic carbocycles.